The van der Waals surface area contributed by atoms with E-state index in [9.17, 15) is 4.79 Å². The fourth-order valence-corrected chi connectivity index (χ4v) is 2.40. The number of carbonyl (C=O) groups is 1. The van der Waals surface area contributed by atoms with Crippen LogP contribution in [-0.4, -0.2) is 18.2 Å². The van der Waals surface area contributed by atoms with Gasteiger partial charge < -0.3 is 9.84 Å². The van der Waals surface area contributed by atoms with E-state index in [0.717, 1.165) is 22.4 Å². The monoisotopic (exact) mass is 270 g/mol. The van der Waals surface area contributed by atoms with Crippen LogP contribution in [0.15, 0.2) is 12.1 Å². The van der Waals surface area contributed by atoms with E-state index in [2.05, 4.69) is 0 Å². The van der Waals surface area contributed by atoms with Gasteiger partial charge in [0, 0.05) is 12.0 Å². The zero-order valence-corrected chi connectivity index (χ0v) is 11.8. The summed E-state index contributed by atoms with van der Waals surface area (Å²) in [5.41, 5.74) is 3.13. The Morgan fingerprint density at radius 1 is 1.44 bits per heavy atom. The summed E-state index contributed by atoms with van der Waals surface area (Å²) in [6.07, 6.45) is 1.35. The summed E-state index contributed by atoms with van der Waals surface area (Å²) in [5, 5.41) is 8.41. The molecule has 1 unspecified atom stereocenters. The second-order valence-corrected chi connectivity index (χ2v) is 4.98. The summed E-state index contributed by atoms with van der Waals surface area (Å²) in [6.45, 7) is 3.99. The van der Waals surface area contributed by atoms with Crippen LogP contribution >= 0.6 is 11.6 Å². The highest BCUT2D eigenvalue weighted by Crippen LogP contribution is 2.36. The van der Waals surface area contributed by atoms with Crippen LogP contribution in [0.25, 0.3) is 0 Å². The Morgan fingerprint density at radius 2 is 2.11 bits per heavy atom. The Balaban J connectivity index is 2.83. The molecule has 0 saturated heterocycles. The predicted octanol–water partition coefficient (Wildman–Crippen LogP) is 3.85. The SMILES string of the molecule is COc1c(C)cc(C)cc1C(Cl)CCCC(=O)O. The van der Waals surface area contributed by atoms with Crippen LogP contribution in [0.3, 0.4) is 0 Å². The molecule has 0 bridgehead atoms. The molecule has 1 N–H and O–H groups in total. The van der Waals surface area contributed by atoms with Crippen LogP contribution in [0.5, 0.6) is 5.75 Å². The van der Waals surface area contributed by atoms with Gasteiger partial charge in [-0.3, -0.25) is 4.79 Å². The van der Waals surface area contributed by atoms with Crippen molar-refractivity contribution in [3.63, 3.8) is 0 Å². The zero-order chi connectivity index (χ0) is 13.7. The van der Waals surface area contributed by atoms with Gasteiger partial charge in [0.25, 0.3) is 0 Å². The number of alkyl halides is 1. The largest absolute Gasteiger partial charge is 0.496 e. The molecule has 0 aliphatic rings. The molecule has 0 aromatic heterocycles. The molecule has 3 nitrogen and oxygen atoms in total. The number of carboxylic acids is 1. The maximum atomic E-state index is 10.5. The van der Waals surface area contributed by atoms with Crippen LogP contribution in [0.2, 0.25) is 0 Å². The number of aliphatic carboxylic acids is 1. The Bertz CT molecular complexity index is 429. The molecule has 18 heavy (non-hydrogen) atoms. The molecule has 0 fully saturated rings. The average Bonchev–Trinajstić information content (AvgIpc) is 2.27. The number of methoxy groups -OCH3 is 1. The van der Waals surface area contributed by atoms with Gasteiger partial charge in [-0.05, 0) is 32.3 Å². The molecule has 1 rings (SSSR count). The van der Waals surface area contributed by atoms with Crippen LogP contribution in [0.1, 0.15) is 41.3 Å². The van der Waals surface area contributed by atoms with Gasteiger partial charge in [-0.1, -0.05) is 17.7 Å². The number of rotatable bonds is 6. The van der Waals surface area contributed by atoms with Gasteiger partial charge in [0.2, 0.25) is 0 Å². The van der Waals surface area contributed by atoms with Crippen molar-refractivity contribution in [2.24, 2.45) is 0 Å². The lowest BCUT2D eigenvalue weighted by molar-refractivity contribution is -0.137. The van der Waals surface area contributed by atoms with Gasteiger partial charge in [0.15, 0.2) is 0 Å². The van der Waals surface area contributed by atoms with Crippen molar-refractivity contribution in [2.45, 2.75) is 38.5 Å². The molecule has 0 amide bonds. The molecule has 0 saturated carbocycles. The Labute approximate surface area is 113 Å². The molecular weight excluding hydrogens is 252 g/mol. The van der Waals surface area contributed by atoms with Gasteiger partial charge in [0.05, 0.1) is 12.5 Å². The first-order chi connectivity index (χ1) is 8.45. The zero-order valence-electron chi connectivity index (χ0n) is 11.0. The molecule has 1 aromatic carbocycles. The number of halogens is 1. The van der Waals surface area contributed by atoms with Gasteiger partial charge >= 0.3 is 5.97 Å². The van der Waals surface area contributed by atoms with Crippen molar-refractivity contribution in [1.29, 1.82) is 0 Å². The van der Waals surface area contributed by atoms with E-state index in [0.29, 0.717) is 12.8 Å². The molecule has 0 aliphatic carbocycles. The Morgan fingerprint density at radius 3 is 2.67 bits per heavy atom. The van der Waals surface area contributed by atoms with E-state index >= 15 is 0 Å². The minimum atomic E-state index is -0.786. The van der Waals surface area contributed by atoms with Crippen molar-refractivity contribution in [1.82, 2.24) is 0 Å². The van der Waals surface area contributed by atoms with Gasteiger partial charge in [-0.25, -0.2) is 0 Å². The lowest BCUT2D eigenvalue weighted by Gasteiger charge is -2.16. The van der Waals surface area contributed by atoms with E-state index in [1.54, 1.807) is 7.11 Å². The summed E-state index contributed by atoms with van der Waals surface area (Å²) in [6, 6.07) is 4.05. The van der Waals surface area contributed by atoms with Gasteiger partial charge in [-0.15, -0.1) is 11.6 Å². The molecule has 4 heteroatoms. The summed E-state index contributed by atoms with van der Waals surface area (Å²) >= 11 is 6.34. The van der Waals surface area contributed by atoms with Crippen molar-refractivity contribution >= 4 is 17.6 Å². The minimum absolute atomic E-state index is 0.149. The second kappa shape index (κ2) is 6.64. The standard InChI is InChI=1S/C14H19ClO3/c1-9-7-10(2)14(18-3)11(8-9)12(15)5-4-6-13(16)17/h7-8,12H,4-6H2,1-3H3,(H,16,17). The quantitative estimate of drug-likeness (QED) is 0.799. The number of benzene rings is 1. The maximum Gasteiger partial charge on any atom is 0.303 e. The first-order valence-corrected chi connectivity index (χ1v) is 6.40. The van der Waals surface area contributed by atoms with E-state index in [4.69, 9.17) is 21.4 Å². The van der Waals surface area contributed by atoms with E-state index in [1.807, 2.05) is 26.0 Å². The molecule has 100 valence electrons. The topological polar surface area (TPSA) is 46.5 Å². The summed E-state index contributed by atoms with van der Waals surface area (Å²) in [5.74, 6) is 0.0159. The van der Waals surface area contributed by atoms with Crippen molar-refractivity contribution in [3.8, 4) is 5.75 Å². The molecule has 0 radical (unpaired) electrons. The third kappa shape index (κ3) is 3.91. The molecule has 0 spiro atoms. The van der Waals surface area contributed by atoms with E-state index in [1.165, 1.54) is 0 Å². The third-order valence-electron chi connectivity index (χ3n) is 2.84. The first-order valence-electron chi connectivity index (χ1n) is 5.96. The highest BCUT2D eigenvalue weighted by atomic mass is 35.5. The Kier molecular flexibility index (Phi) is 5.48. The maximum absolute atomic E-state index is 10.5. The van der Waals surface area contributed by atoms with Crippen LogP contribution in [0, 0.1) is 13.8 Å². The fraction of sp³-hybridized carbons (Fsp3) is 0.500. The number of hydrogen-bond acceptors (Lipinski definition) is 2. The Hall–Kier alpha value is -1.22. The smallest absolute Gasteiger partial charge is 0.303 e. The fourth-order valence-electron chi connectivity index (χ4n) is 2.09. The predicted molar refractivity (Wildman–Crippen MR) is 72.5 cm³/mol. The van der Waals surface area contributed by atoms with Gasteiger partial charge in [0.1, 0.15) is 5.75 Å². The number of carboxylic acid groups (broad SMARTS) is 1. The number of ether oxygens (including phenoxy) is 1. The van der Waals surface area contributed by atoms with Gasteiger partial charge in [-0.2, -0.15) is 0 Å². The molecule has 0 aliphatic heterocycles. The summed E-state index contributed by atoms with van der Waals surface area (Å²) < 4.78 is 5.38. The molecule has 1 aromatic rings. The van der Waals surface area contributed by atoms with E-state index in [-0.39, 0.29) is 11.8 Å². The van der Waals surface area contributed by atoms with Crippen molar-refractivity contribution in [3.05, 3.63) is 28.8 Å². The highest BCUT2D eigenvalue weighted by Gasteiger charge is 2.16. The minimum Gasteiger partial charge on any atom is -0.496 e. The molecular formula is C14H19ClO3. The van der Waals surface area contributed by atoms with E-state index < -0.39 is 5.97 Å². The van der Waals surface area contributed by atoms with Crippen molar-refractivity contribution < 1.29 is 14.6 Å². The lowest BCUT2D eigenvalue weighted by Crippen LogP contribution is -2.01. The van der Waals surface area contributed by atoms with Crippen LogP contribution in [-0.2, 0) is 4.79 Å². The second-order valence-electron chi connectivity index (χ2n) is 4.46. The number of hydrogen-bond donors (Lipinski definition) is 1. The normalized spacial score (nSPS) is 12.2. The molecule has 1 atom stereocenters. The third-order valence-corrected chi connectivity index (χ3v) is 3.29. The summed E-state index contributed by atoms with van der Waals surface area (Å²) in [4.78, 5) is 10.5. The van der Waals surface area contributed by atoms with Crippen LogP contribution in [0.4, 0.5) is 0 Å². The van der Waals surface area contributed by atoms with Crippen LogP contribution < -0.4 is 4.74 Å². The summed E-state index contributed by atoms with van der Waals surface area (Å²) in [7, 11) is 1.63. The van der Waals surface area contributed by atoms with Crippen molar-refractivity contribution in [2.75, 3.05) is 7.11 Å². The average molecular weight is 271 g/mol. The lowest BCUT2D eigenvalue weighted by atomic mass is 10.00. The highest BCUT2D eigenvalue weighted by molar-refractivity contribution is 6.21. The molecule has 0 heterocycles. The first kappa shape index (κ1) is 14.8. The number of aryl methyl sites for hydroxylation is 2.